The lowest BCUT2D eigenvalue weighted by molar-refractivity contribution is -0.135. The molecule has 13 heteroatoms. The number of hydrogen-bond acceptors (Lipinski definition) is 7. The van der Waals surface area contributed by atoms with Crippen LogP contribution in [-0.4, -0.2) is 127 Å². The lowest BCUT2D eigenvalue weighted by Gasteiger charge is -2.43. The number of nitrogens with one attached hydrogen (secondary N) is 2. The maximum absolute atomic E-state index is 14.0. The van der Waals surface area contributed by atoms with Gasteiger partial charge in [-0.2, -0.15) is 0 Å². The average Bonchev–Trinajstić information content (AvgIpc) is 3.43. The van der Waals surface area contributed by atoms with Gasteiger partial charge in [0.25, 0.3) is 0 Å². The minimum absolute atomic E-state index is 0.0644. The number of nitrogens with zero attached hydrogens (tertiary/aromatic N) is 5. The number of hydrogen-bond donors (Lipinski definition) is 3. The Kier molecular flexibility index (Phi) is 10.3. The van der Waals surface area contributed by atoms with E-state index >= 15 is 0 Å². The van der Waals surface area contributed by atoms with E-state index in [1.165, 1.54) is 5.56 Å². The molecule has 46 heavy (non-hydrogen) atoms. The molecule has 1 aromatic heterocycles. The lowest BCUT2D eigenvalue weighted by atomic mass is 10.0. The number of nitrogen functional groups attached to an aromatic ring is 1. The highest BCUT2D eigenvalue weighted by Crippen LogP contribution is 2.28. The molecule has 250 valence electrons. The number of amides is 5. The first kappa shape index (κ1) is 32.9. The smallest absolute Gasteiger partial charge is 0.322 e. The van der Waals surface area contributed by atoms with Crippen molar-refractivity contribution in [3.8, 4) is 0 Å². The van der Waals surface area contributed by atoms with Crippen LogP contribution in [0.2, 0.25) is 5.02 Å². The minimum Gasteiger partial charge on any atom is -0.397 e. The molecule has 0 unspecified atom stereocenters. The summed E-state index contributed by atoms with van der Waals surface area (Å²) in [7, 11) is 2.17. The molecule has 0 bridgehead atoms. The number of benzene rings is 1. The number of aryl methyl sites for hydroxylation is 1. The Morgan fingerprint density at radius 1 is 0.978 bits per heavy atom. The van der Waals surface area contributed by atoms with Crippen LogP contribution < -0.4 is 16.4 Å². The molecule has 0 aliphatic carbocycles. The maximum atomic E-state index is 14.0. The van der Waals surface area contributed by atoms with Crippen LogP contribution in [-0.2, 0) is 17.6 Å². The van der Waals surface area contributed by atoms with E-state index < -0.39 is 6.04 Å². The van der Waals surface area contributed by atoms with Crippen molar-refractivity contribution in [2.24, 2.45) is 0 Å². The molecule has 4 N–H and O–H groups in total. The van der Waals surface area contributed by atoms with Gasteiger partial charge in [0.05, 0.1) is 16.4 Å². The number of piperazine rings is 1. The van der Waals surface area contributed by atoms with Crippen molar-refractivity contribution in [1.82, 2.24) is 29.8 Å². The Hall–Kier alpha value is -3.06. The number of piperidine rings is 2. The molecule has 4 aliphatic heterocycles. The fourth-order valence-corrected chi connectivity index (χ4v) is 8.51. The number of likely N-dealkylation sites (tertiary alicyclic amines) is 2. The third-order valence-electron chi connectivity index (χ3n) is 10.3. The van der Waals surface area contributed by atoms with E-state index in [0.717, 1.165) is 62.3 Å². The monoisotopic (exact) mass is 670 g/mol. The Labute approximate surface area is 281 Å². The van der Waals surface area contributed by atoms with E-state index in [0.29, 0.717) is 68.7 Å². The zero-order valence-corrected chi connectivity index (χ0v) is 28.5. The second-order valence-corrected chi connectivity index (χ2v) is 14.5. The summed E-state index contributed by atoms with van der Waals surface area (Å²) in [5, 5.41) is 10.7. The Balaban J connectivity index is 1.08. The molecule has 2 aromatic rings. The fourth-order valence-electron chi connectivity index (χ4n) is 7.39. The van der Waals surface area contributed by atoms with Crippen molar-refractivity contribution < 1.29 is 14.4 Å². The van der Waals surface area contributed by atoms with Gasteiger partial charge in [0.2, 0.25) is 5.91 Å². The topological polar surface area (TPSA) is 117 Å². The van der Waals surface area contributed by atoms with Gasteiger partial charge in [-0.15, -0.1) is 11.3 Å². The first-order chi connectivity index (χ1) is 22.2. The van der Waals surface area contributed by atoms with E-state index in [1.54, 1.807) is 22.3 Å². The molecular weight excluding hydrogens is 624 g/mol. The Bertz CT molecular complexity index is 1390. The number of thiophene rings is 1. The number of carbonyl (C=O) groups excluding carboxylic acids is 3. The minimum atomic E-state index is -0.727. The standard InChI is InChI=1S/C33H47ClN8O3S/c1-22-17-23(18-27(34)30(22)35)19-28(31(43)40-15-13-39(14-16-40)25-4-8-38(2)9-5-25)36-32(44)41-10-6-26(7-11-41)42-12-3-24-20-46-21-29(24)37-33(42)45/h17-18,20-21,25-26,28H,3-16,19,35H2,1-2H3,(H,36,44)(H,37,45)/t28-/m1/s1. The van der Waals surface area contributed by atoms with Gasteiger partial charge in [-0.05, 0) is 87.3 Å². The van der Waals surface area contributed by atoms with Crippen molar-refractivity contribution in [2.45, 2.75) is 63.6 Å². The van der Waals surface area contributed by atoms with Crippen LogP contribution in [0.5, 0.6) is 0 Å². The number of nitrogens with two attached hydrogens (primary N) is 1. The third-order valence-corrected chi connectivity index (χ3v) is 11.4. The summed E-state index contributed by atoms with van der Waals surface area (Å²) in [6.07, 6.45) is 4.86. The van der Waals surface area contributed by atoms with Crippen molar-refractivity contribution >= 4 is 52.3 Å². The molecule has 3 saturated heterocycles. The van der Waals surface area contributed by atoms with Crippen molar-refractivity contribution in [3.05, 3.63) is 44.6 Å². The zero-order chi connectivity index (χ0) is 32.4. The second-order valence-electron chi connectivity index (χ2n) is 13.3. The first-order valence-corrected chi connectivity index (χ1v) is 17.9. The maximum Gasteiger partial charge on any atom is 0.322 e. The predicted octanol–water partition coefficient (Wildman–Crippen LogP) is 3.71. The number of fused-ring (bicyclic) bond motifs is 1. The summed E-state index contributed by atoms with van der Waals surface area (Å²) >= 11 is 8.02. The van der Waals surface area contributed by atoms with Crippen LogP contribution in [0.25, 0.3) is 0 Å². The highest BCUT2D eigenvalue weighted by Gasteiger charge is 2.35. The van der Waals surface area contributed by atoms with Gasteiger partial charge >= 0.3 is 12.1 Å². The van der Waals surface area contributed by atoms with Gasteiger partial charge in [0, 0.05) is 69.7 Å². The van der Waals surface area contributed by atoms with Gasteiger partial charge < -0.3 is 36.0 Å². The average molecular weight is 671 g/mol. The summed E-state index contributed by atoms with van der Waals surface area (Å²) in [5.74, 6) is -0.0644. The van der Waals surface area contributed by atoms with E-state index in [4.69, 9.17) is 17.3 Å². The number of rotatable bonds is 6. The van der Waals surface area contributed by atoms with Gasteiger partial charge in [0.15, 0.2) is 0 Å². The van der Waals surface area contributed by atoms with E-state index in [2.05, 4.69) is 32.9 Å². The van der Waals surface area contributed by atoms with Crippen molar-refractivity contribution in [1.29, 1.82) is 0 Å². The van der Waals surface area contributed by atoms with E-state index in [-0.39, 0.29) is 24.0 Å². The number of anilines is 2. The number of urea groups is 2. The van der Waals surface area contributed by atoms with Crippen LogP contribution in [0, 0.1) is 6.92 Å². The summed E-state index contributed by atoms with van der Waals surface area (Å²) < 4.78 is 0. The van der Waals surface area contributed by atoms with Crippen molar-refractivity contribution in [3.63, 3.8) is 0 Å². The van der Waals surface area contributed by atoms with E-state index in [9.17, 15) is 14.4 Å². The van der Waals surface area contributed by atoms with Crippen molar-refractivity contribution in [2.75, 3.05) is 77.0 Å². The molecule has 0 radical (unpaired) electrons. The largest absolute Gasteiger partial charge is 0.397 e. The van der Waals surface area contributed by atoms with Crippen LogP contribution in [0.4, 0.5) is 21.0 Å². The Morgan fingerprint density at radius 2 is 1.67 bits per heavy atom. The molecule has 1 aromatic carbocycles. The fraction of sp³-hybridized carbons (Fsp3) is 0.606. The molecule has 4 aliphatic rings. The van der Waals surface area contributed by atoms with Crippen LogP contribution in [0.3, 0.4) is 0 Å². The zero-order valence-electron chi connectivity index (χ0n) is 27.0. The molecule has 5 heterocycles. The molecule has 6 rings (SSSR count). The molecular formula is C33H47ClN8O3S. The highest BCUT2D eigenvalue weighted by atomic mass is 35.5. The summed E-state index contributed by atoms with van der Waals surface area (Å²) in [6.45, 7) is 8.81. The van der Waals surface area contributed by atoms with Crippen LogP contribution >= 0.6 is 22.9 Å². The molecule has 3 fully saturated rings. The lowest BCUT2D eigenvalue weighted by Crippen LogP contribution is -2.59. The number of carbonyl (C=O) groups is 3. The van der Waals surface area contributed by atoms with E-state index in [1.807, 2.05) is 28.2 Å². The third kappa shape index (κ3) is 7.40. The Morgan fingerprint density at radius 3 is 2.37 bits per heavy atom. The summed E-state index contributed by atoms with van der Waals surface area (Å²) in [5.41, 5.74) is 10.4. The molecule has 11 nitrogen and oxygen atoms in total. The van der Waals surface area contributed by atoms with Crippen LogP contribution in [0.1, 0.15) is 42.4 Å². The van der Waals surface area contributed by atoms with Gasteiger partial charge in [0.1, 0.15) is 6.04 Å². The summed E-state index contributed by atoms with van der Waals surface area (Å²) in [6, 6.07) is 3.33. The van der Waals surface area contributed by atoms with Gasteiger partial charge in [-0.1, -0.05) is 17.7 Å². The van der Waals surface area contributed by atoms with Gasteiger partial charge in [-0.3, -0.25) is 9.69 Å². The summed E-state index contributed by atoms with van der Waals surface area (Å²) in [4.78, 5) is 51.2. The second kappa shape index (κ2) is 14.4. The normalized spacial score (nSPS) is 21.5. The number of halogens is 1. The molecule has 1 atom stereocenters. The molecule has 0 saturated carbocycles. The quantitative estimate of drug-likeness (QED) is 0.404. The van der Waals surface area contributed by atoms with Gasteiger partial charge in [-0.25, -0.2) is 9.59 Å². The predicted molar refractivity (Wildman–Crippen MR) is 184 cm³/mol. The molecule has 5 amide bonds. The first-order valence-electron chi connectivity index (χ1n) is 16.6. The SMILES string of the molecule is Cc1cc(C[C@@H](NC(=O)N2CCC(N3CCc4cscc4NC3=O)CC2)C(=O)N2CCN(C3CCN(C)CC3)CC2)cc(Cl)c1N. The highest BCUT2D eigenvalue weighted by molar-refractivity contribution is 7.08. The molecule has 0 spiro atoms. The van der Waals surface area contributed by atoms with Crippen LogP contribution in [0.15, 0.2) is 22.9 Å².